The van der Waals surface area contributed by atoms with Crippen molar-refractivity contribution in [1.82, 2.24) is 4.98 Å². The Bertz CT molecular complexity index is 1170. The largest absolute Gasteiger partial charge is 0.353 e. The van der Waals surface area contributed by atoms with Gasteiger partial charge in [0.25, 0.3) is 5.69 Å². The minimum absolute atomic E-state index is 0.0263. The third kappa shape index (κ3) is 5.66. The Labute approximate surface area is 158 Å². The van der Waals surface area contributed by atoms with E-state index in [9.17, 15) is 18.5 Å². The highest BCUT2D eigenvalue weighted by atomic mass is 35.7. The van der Waals surface area contributed by atoms with E-state index >= 15 is 0 Å². The van der Waals surface area contributed by atoms with Crippen molar-refractivity contribution in [3.8, 4) is 10.6 Å². The zero-order valence-electron chi connectivity index (χ0n) is 12.1. The van der Waals surface area contributed by atoms with Gasteiger partial charge in [-0.1, -0.05) is 0 Å². The molecule has 3 aromatic rings. The highest BCUT2D eigenvalue weighted by Gasteiger charge is 2.16. The average molecular weight is 459 g/mol. The number of nitro benzene ring substituents is 1. The minimum Gasteiger partial charge on any atom is -0.281 e. The Hall–Kier alpha value is -1.68. The van der Waals surface area contributed by atoms with E-state index in [4.69, 9.17) is 17.5 Å². The average Bonchev–Trinajstić information content (AvgIpc) is 3.10. The van der Waals surface area contributed by atoms with Crippen LogP contribution in [0.1, 0.15) is 0 Å². The second-order valence-electron chi connectivity index (χ2n) is 4.47. The summed E-state index contributed by atoms with van der Waals surface area (Å²) in [5, 5.41) is 12.8. The van der Waals surface area contributed by atoms with Crippen molar-refractivity contribution < 1.29 is 30.9 Å². The molecule has 2 N–H and O–H groups in total. The highest BCUT2D eigenvalue weighted by molar-refractivity contribution is 8.09. The fourth-order valence-corrected chi connectivity index (χ4v) is 4.30. The van der Waals surface area contributed by atoms with Gasteiger partial charge in [-0.3, -0.25) is 19.2 Å². The van der Waals surface area contributed by atoms with Crippen molar-refractivity contribution in [2.24, 2.45) is 0 Å². The topological polar surface area (TPSA) is 165 Å². The molecular formula is C11H7ClN2O8S4. The summed E-state index contributed by atoms with van der Waals surface area (Å²) in [4.78, 5) is 14.6. The van der Waals surface area contributed by atoms with Gasteiger partial charge < -0.3 is 0 Å². The summed E-state index contributed by atoms with van der Waals surface area (Å²) in [6.45, 7) is 0. The Kier molecular flexibility index (Phi) is 5.96. The van der Waals surface area contributed by atoms with Gasteiger partial charge in [0.1, 0.15) is 9.22 Å². The number of thiophene rings is 1. The summed E-state index contributed by atoms with van der Waals surface area (Å²) in [6, 6.07) is 5.66. The normalized spacial score (nSPS) is 11.8. The van der Waals surface area contributed by atoms with Crippen molar-refractivity contribution in [3.63, 3.8) is 0 Å². The predicted molar refractivity (Wildman–Crippen MR) is 96.8 cm³/mol. The smallest absolute Gasteiger partial charge is 0.281 e. The molecule has 0 radical (unpaired) electrons. The molecule has 0 aliphatic heterocycles. The summed E-state index contributed by atoms with van der Waals surface area (Å²) < 4.78 is 56.7. The molecule has 26 heavy (non-hydrogen) atoms. The molecule has 3 rings (SSSR count). The summed E-state index contributed by atoms with van der Waals surface area (Å²) in [7, 11) is -4.37. The first-order valence-corrected chi connectivity index (χ1v) is 11.5. The van der Waals surface area contributed by atoms with Crippen LogP contribution in [0.2, 0.25) is 0 Å². The Morgan fingerprint density at radius 3 is 2.27 bits per heavy atom. The van der Waals surface area contributed by atoms with E-state index in [-0.39, 0.29) is 9.90 Å². The number of benzene rings is 1. The molecule has 0 aliphatic carbocycles. The number of halogens is 1. The molecule has 15 heteroatoms. The Morgan fingerprint density at radius 1 is 1.15 bits per heavy atom. The molecular weight excluding hydrogens is 452 g/mol. The summed E-state index contributed by atoms with van der Waals surface area (Å²) in [5.41, 5.74) is 1.12. The molecule has 2 aromatic heterocycles. The van der Waals surface area contributed by atoms with E-state index in [1.54, 1.807) is 11.4 Å². The van der Waals surface area contributed by atoms with Crippen LogP contribution in [0.15, 0.2) is 33.9 Å². The predicted octanol–water partition coefficient (Wildman–Crippen LogP) is 3.21. The number of thiazole rings is 1. The van der Waals surface area contributed by atoms with Crippen molar-refractivity contribution in [1.29, 1.82) is 0 Å². The lowest BCUT2D eigenvalue weighted by Crippen LogP contribution is -1.93. The van der Waals surface area contributed by atoms with E-state index < -0.39 is 24.4 Å². The molecule has 1 aromatic carbocycles. The first-order chi connectivity index (χ1) is 11.8. The van der Waals surface area contributed by atoms with Gasteiger partial charge in [-0.2, -0.15) is 16.8 Å². The SMILES string of the molecule is O=S(=O)(O)Cl.O=[N+]([O-])c1ccc2nc(-c3csc(S(=O)(=O)O)c3)sc2c1. The molecule has 0 bridgehead atoms. The number of hydrogen-bond donors (Lipinski definition) is 2. The maximum atomic E-state index is 11.0. The van der Waals surface area contributed by atoms with E-state index in [1.807, 2.05) is 0 Å². The van der Waals surface area contributed by atoms with Crippen molar-refractivity contribution >= 4 is 68.7 Å². The van der Waals surface area contributed by atoms with Crippen LogP contribution in [0.3, 0.4) is 0 Å². The Balaban J connectivity index is 0.000000431. The molecule has 2 heterocycles. The molecule has 0 unspecified atom stereocenters. The zero-order valence-corrected chi connectivity index (χ0v) is 16.2. The van der Waals surface area contributed by atoms with Crippen LogP contribution >= 0.6 is 33.4 Å². The quantitative estimate of drug-likeness (QED) is 0.259. The van der Waals surface area contributed by atoms with Gasteiger partial charge in [0, 0.05) is 33.8 Å². The number of nitro groups is 1. The molecule has 0 spiro atoms. The summed E-state index contributed by atoms with van der Waals surface area (Å²) in [6.07, 6.45) is 0. The molecule has 0 atom stereocenters. The maximum Gasteiger partial charge on any atom is 0.353 e. The second-order valence-corrected chi connectivity index (χ2v) is 10.1. The lowest BCUT2D eigenvalue weighted by Gasteiger charge is -1.88. The first-order valence-electron chi connectivity index (χ1n) is 6.13. The van der Waals surface area contributed by atoms with Gasteiger partial charge in [-0.25, -0.2) is 4.98 Å². The van der Waals surface area contributed by atoms with Crippen LogP contribution in [0.4, 0.5) is 5.69 Å². The van der Waals surface area contributed by atoms with E-state index in [0.29, 0.717) is 20.8 Å². The van der Waals surface area contributed by atoms with Crippen LogP contribution in [-0.4, -0.2) is 35.8 Å². The molecule has 0 amide bonds. The lowest BCUT2D eigenvalue weighted by atomic mass is 10.3. The van der Waals surface area contributed by atoms with Crippen LogP contribution in [0, 0.1) is 10.1 Å². The minimum atomic E-state index is -4.23. The molecule has 0 aliphatic rings. The lowest BCUT2D eigenvalue weighted by molar-refractivity contribution is -0.384. The van der Waals surface area contributed by atoms with Crippen molar-refractivity contribution in [2.45, 2.75) is 4.21 Å². The van der Waals surface area contributed by atoms with Crippen molar-refractivity contribution in [3.05, 3.63) is 39.8 Å². The van der Waals surface area contributed by atoms with Crippen LogP contribution in [-0.2, 0) is 19.4 Å². The number of hydrogen-bond acceptors (Lipinski definition) is 9. The number of fused-ring (bicyclic) bond motifs is 1. The number of nitrogens with zero attached hydrogens (tertiary/aromatic N) is 2. The summed E-state index contributed by atoms with van der Waals surface area (Å²) >= 11 is 2.11. The van der Waals surface area contributed by atoms with Crippen LogP contribution < -0.4 is 0 Å². The fourth-order valence-electron chi connectivity index (χ4n) is 1.71. The Morgan fingerprint density at radius 2 is 1.77 bits per heavy atom. The zero-order chi connectivity index (χ0) is 19.7. The van der Waals surface area contributed by atoms with Crippen molar-refractivity contribution in [2.75, 3.05) is 0 Å². The van der Waals surface area contributed by atoms with Gasteiger partial charge in [-0.15, -0.1) is 22.7 Å². The van der Waals surface area contributed by atoms with E-state index in [0.717, 1.165) is 11.3 Å². The molecule has 10 nitrogen and oxygen atoms in total. The number of non-ortho nitro benzene ring substituents is 1. The highest BCUT2D eigenvalue weighted by Crippen LogP contribution is 2.35. The van der Waals surface area contributed by atoms with Gasteiger partial charge in [-0.05, 0) is 12.1 Å². The van der Waals surface area contributed by atoms with E-state index in [1.165, 1.54) is 29.5 Å². The van der Waals surface area contributed by atoms with Gasteiger partial charge in [0.15, 0.2) is 0 Å². The van der Waals surface area contributed by atoms with Gasteiger partial charge >= 0.3 is 19.4 Å². The summed E-state index contributed by atoms with van der Waals surface area (Å²) in [5.74, 6) is 0. The third-order valence-corrected chi connectivity index (χ3v) is 6.00. The monoisotopic (exact) mass is 458 g/mol. The second kappa shape index (κ2) is 7.51. The number of rotatable bonds is 3. The first kappa shape index (κ1) is 20.6. The van der Waals surface area contributed by atoms with Gasteiger partial charge in [0.2, 0.25) is 0 Å². The number of aromatic nitrogens is 1. The fraction of sp³-hybridized carbons (Fsp3) is 0. The maximum absolute atomic E-state index is 11.0. The van der Waals surface area contributed by atoms with E-state index in [2.05, 4.69) is 15.7 Å². The van der Waals surface area contributed by atoms with Gasteiger partial charge in [0.05, 0.1) is 15.1 Å². The third-order valence-electron chi connectivity index (χ3n) is 2.66. The molecule has 0 saturated carbocycles. The molecule has 140 valence electrons. The van der Waals surface area contributed by atoms with Crippen LogP contribution in [0.25, 0.3) is 20.8 Å². The molecule has 0 saturated heterocycles. The molecule has 0 fully saturated rings. The van der Waals surface area contributed by atoms with Crippen LogP contribution in [0.5, 0.6) is 0 Å². The standard InChI is InChI=1S/C11H6N2O5S3.ClHO3S/c14-13(15)7-1-2-8-9(4-7)20-11(12-8)6-3-10(19-5-6)21(16,17)18;1-5(2,3)4/h1-5H,(H,16,17,18);(H,2,3,4).